The molecule has 1 atom stereocenters. The van der Waals surface area contributed by atoms with Gasteiger partial charge in [0.25, 0.3) is 0 Å². The average Bonchev–Trinajstić information content (AvgIpc) is 2.56. The van der Waals surface area contributed by atoms with Crippen molar-refractivity contribution >= 4 is 6.21 Å². The third-order valence-electron chi connectivity index (χ3n) is 2.70. The molecule has 0 radical (unpaired) electrons. The highest BCUT2D eigenvalue weighted by atomic mass is 16.5. The highest BCUT2D eigenvalue weighted by Crippen LogP contribution is 2.22. The lowest BCUT2D eigenvalue weighted by atomic mass is 9.90. The van der Waals surface area contributed by atoms with Crippen LogP contribution in [0.2, 0.25) is 0 Å². The van der Waals surface area contributed by atoms with E-state index in [2.05, 4.69) is 32.9 Å². The molecule has 1 aromatic rings. The van der Waals surface area contributed by atoms with Gasteiger partial charge in [-0.15, -0.1) is 0 Å². The molecule has 0 spiro atoms. The zero-order valence-corrected chi connectivity index (χ0v) is 11.9. The summed E-state index contributed by atoms with van der Waals surface area (Å²) in [6.07, 6.45) is 6.40. The Hall–Kier alpha value is -1.36. The average molecular weight is 254 g/mol. The van der Waals surface area contributed by atoms with Gasteiger partial charge in [-0.25, -0.2) is 9.13 Å². The van der Waals surface area contributed by atoms with Gasteiger partial charge in [-0.3, -0.25) is 0 Å². The molecule has 0 aliphatic heterocycles. The van der Waals surface area contributed by atoms with Crippen molar-refractivity contribution in [1.82, 2.24) is 4.57 Å². The summed E-state index contributed by atoms with van der Waals surface area (Å²) in [6, 6.07) is 0. The number of imidazole rings is 1. The standard InChI is InChI=1S/C13H23N3O2/c1-11(8-13(2,3)4)18-10-16-7-6-15(5)12(16)9-14-17/h6-7,9,11H,8,10H2,1-5H3/p+1. The molecule has 0 saturated heterocycles. The van der Waals surface area contributed by atoms with E-state index in [4.69, 9.17) is 9.94 Å². The van der Waals surface area contributed by atoms with Gasteiger partial charge in [0.2, 0.25) is 0 Å². The van der Waals surface area contributed by atoms with Gasteiger partial charge in [-0.05, 0) is 18.8 Å². The van der Waals surface area contributed by atoms with Gasteiger partial charge in [0.15, 0.2) is 12.9 Å². The molecule has 0 amide bonds. The van der Waals surface area contributed by atoms with Crippen LogP contribution in [0.25, 0.3) is 0 Å². The molecule has 1 aromatic heterocycles. The van der Waals surface area contributed by atoms with Crippen molar-refractivity contribution in [3.63, 3.8) is 0 Å². The van der Waals surface area contributed by atoms with Gasteiger partial charge in [-0.2, -0.15) is 0 Å². The van der Waals surface area contributed by atoms with E-state index in [1.807, 2.05) is 28.6 Å². The highest BCUT2D eigenvalue weighted by Gasteiger charge is 2.18. The monoisotopic (exact) mass is 254 g/mol. The van der Waals surface area contributed by atoms with Crippen LogP contribution in [0.3, 0.4) is 0 Å². The summed E-state index contributed by atoms with van der Waals surface area (Å²) in [6.45, 7) is 9.14. The molecule has 0 bridgehead atoms. The van der Waals surface area contributed by atoms with E-state index in [1.54, 1.807) is 0 Å². The van der Waals surface area contributed by atoms with Crippen molar-refractivity contribution < 1.29 is 14.5 Å². The van der Waals surface area contributed by atoms with E-state index in [9.17, 15) is 0 Å². The number of aromatic nitrogens is 2. The third-order valence-corrected chi connectivity index (χ3v) is 2.70. The van der Waals surface area contributed by atoms with Gasteiger partial charge in [-0.1, -0.05) is 25.9 Å². The zero-order chi connectivity index (χ0) is 13.8. The lowest BCUT2D eigenvalue weighted by molar-refractivity contribution is -0.672. The number of hydrogen-bond acceptors (Lipinski definition) is 3. The summed E-state index contributed by atoms with van der Waals surface area (Å²) in [5.74, 6) is 0.792. The van der Waals surface area contributed by atoms with Crippen molar-refractivity contribution in [2.75, 3.05) is 0 Å². The summed E-state index contributed by atoms with van der Waals surface area (Å²) < 4.78 is 9.58. The largest absolute Gasteiger partial charge is 0.411 e. The first-order chi connectivity index (χ1) is 8.33. The Morgan fingerprint density at radius 3 is 2.78 bits per heavy atom. The quantitative estimate of drug-likeness (QED) is 0.378. The minimum atomic E-state index is 0.191. The van der Waals surface area contributed by atoms with E-state index in [-0.39, 0.29) is 11.5 Å². The fraction of sp³-hybridized carbons (Fsp3) is 0.692. The minimum Gasteiger partial charge on any atom is -0.411 e. The molecule has 0 saturated carbocycles. The molecule has 5 heteroatoms. The molecule has 1 unspecified atom stereocenters. The second-order valence-electron chi connectivity index (χ2n) is 5.85. The van der Waals surface area contributed by atoms with Crippen molar-refractivity contribution in [3.8, 4) is 0 Å². The fourth-order valence-corrected chi connectivity index (χ4v) is 1.99. The Kier molecular flexibility index (Phi) is 4.90. The summed E-state index contributed by atoms with van der Waals surface area (Å²) in [5, 5.41) is 11.7. The second kappa shape index (κ2) is 6.00. The van der Waals surface area contributed by atoms with Crippen molar-refractivity contribution in [1.29, 1.82) is 0 Å². The molecule has 1 N–H and O–H groups in total. The van der Waals surface area contributed by atoms with Crippen LogP contribution in [0.4, 0.5) is 0 Å². The molecule has 1 rings (SSSR count). The topological polar surface area (TPSA) is 50.6 Å². The first kappa shape index (κ1) is 14.7. The summed E-state index contributed by atoms with van der Waals surface area (Å²) in [7, 11) is 1.89. The molecular formula is C13H24N3O2+. The van der Waals surface area contributed by atoms with E-state index in [0.29, 0.717) is 6.73 Å². The Morgan fingerprint density at radius 1 is 1.56 bits per heavy atom. The number of rotatable bonds is 5. The number of ether oxygens (including phenoxy) is 1. The zero-order valence-electron chi connectivity index (χ0n) is 11.9. The Balaban J connectivity index is 2.58. The number of hydrogen-bond donors (Lipinski definition) is 1. The number of aryl methyl sites for hydroxylation is 1. The van der Waals surface area contributed by atoms with Gasteiger partial charge >= 0.3 is 5.82 Å². The predicted octanol–water partition coefficient (Wildman–Crippen LogP) is 1.92. The Labute approximate surface area is 109 Å². The summed E-state index contributed by atoms with van der Waals surface area (Å²) in [5.41, 5.74) is 0.260. The van der Waals surface area contributed by atoms with E-state index >= 15 is 0 Å². The van der Waals surface area contributed by atoms with Crippen LogP contribution in [-0.2, 0) is 18.5 Å². The van der Waals surface area contributed by atoms with Crippen molar-refractivity contribution in [2.45, 2.75) is 47.0 Å². The normalized spacial score (nSPS) is 14.3. The van der Waals surface area contributed by atoms with Crippen LogP contribution in [0.15, 0.2) is 17.5 Å². The van der Waals surface area contributed by atoms with Crippen molar-refractivity contribution in [3.05, 3.63) is 18.2 Å². The molecule has 5 nitrogen and oxygen atoms in total. The molecule has 0 aromatic carbocycles. The lowest BCUT2D eigenvalue weighted by Crippen LogP contribution is -2.32. The van der Waals surface area contributed by atoms with Crippen LogP contribution in [0.1, 0.15) is 39.9 Å². The maximum absolute atomic E-state index is 8.62. The molecule has 0 aliphatic rings. The smallest absolute Gasteiger partial charge is 0.305 e. The predicted molar refractivity (Wildman–Crippen MR) is 69.6 cm³/mol. The minimum absolute atomic E-state index is 0.191. The summed E-state index contributed by atoms with van der Waals surface area (Å²) >= 11 is 0. The van der Waals surface area contributed by atoms with Crippen molar-refractivity contribution in [2.24, 2.45) is 17.6 Å². The first-order valence-electron chi connectivity index (χ1n) is 6.17. The maximum Gasteiger partial charge on any atom is 0.305 e. The fourth-order valence-electron chi connectivity index (χ4n) is 1.99. The van der Waals surface area contributed by atoms with Crippen LogP contribution >= 0.6 is 0 Å². The summed E-state index contributed by atoms with van der Waals surface area (Å²) in [4.78, 5) is 0. The molecular weight excluding hydrogens is 230 g/mol. The van der Waals surface area contributed by atoms with Gasteiger partial charge in [0.1, 0.15) is 12.4 Å². The maximum atomic E-state index is 8.62. The molecule has 1 heterocycles. The third kappa shape index (κ3) is 4.49. The van der Waals surface area contributed by atoms with Gasteiger partial charge in [0, 0.05) is 0 Å². The van der Waals surface area contributed by atoms with Crippen LogP contribution in [0.5, 0.6) is 0 Å². The molecule has 18 heavy (non-hydrogen) atoms. The molecule has 0 aliphatic carbocycles. The Morgan fingerprint density at radius 2 is 2.22 bits per heavy atom. The van der Waals surface area contributed by atoms with E-state index in [1.165, 1.54) is 6.21 Å². The van der Waals surface area contributed by atoms with E-state index in [0.717, 1.165) is 12.2 Å². The van der Waals surface area contributed by atoms with Gasteiger partial charge in [0.05, 0.1) is 13.2 Å². The number of oxime groups is 1. The lowest BCUT2D eigenvalue weighted by Gasteiger charge is -2.22. The molecule has 102 valence electrons. The second-order valence-corrected chi connectivity index (χ2v) is 5.85. The Bertz CT molecular complexity index is 405. The first-order valence-corrected chi connectivity index (χ1v) is 6.17. The van der Waals surface area contributed by atoms with E-state index < -0.39 is 0 Å². The number of nitrogens with zero attached hydrogens (tertiary/aromatic N) is 3. The van der Waals surface area contributed by atoms with Crippen LogP contribution in [0, 0.1) is 5.41 Å². The van der Waals surface area contributed by atoms with Crippen LogP contribution in [-0.4, -0.2) is 22.1 Å². The van der Waals surface area contributed by atoms with Crippen LogP contribution < -0.4 is 4.57 Å². The SMILES string of the molecule is CC(CC(C)(C)C)OCn1cc[n+](C)c1/C=N\O. The van der Waals surface area contributed by atoms with Gasteiger partial charge < -0.3 is 9.94 Å². The molecule has 0 fully saturated rings. The highest BCUT2D eigenvalue weighted by molar-refractivity contribution is 5.72.